The van der Waals surface area contributed by atoms with Crippen molar-refractivity contribution < 1.29 is 4.79 Å². The highest BCUT2D eigenvalue weighted by atomic mass is 32.1. The lowest BCUT2D eigenvalue weighted by Gasteiger charge is -2.31. The Labute approximate surface area is 149 Å². The average molecular weight is 357 g/mol. The van der Waals surface area contributed by atoms with E-state index in [1.807, 2.05) is 31.3 Å². The van der Waals surface area contributed by atoms with Gasteiger partial charge in [0.2, 0.25) is 0 Å². The minimum absolute atomic E-state index is 0.0756. The third-order valence-corrected chi connectivity index (χ3v) is 5.41. The van der Waals surface area contributed by atoms with E-state index >= 15 is 0 Å². The molecule has 9 heteroatoms. The van der Waals surface area contributed by atoms with Crippen LogP contribution in [0.2, 0.25) is 0 Å². The predicted octanol–water partition coefficient (Wildman–Crippen LogP) is 1.21. The Balaban J connectivity index is 1.34. The van der Waals surface area contributed by atoms with Crippen LogP contribution in [0.1, 0.15) is 29.2 Å². The summed E-state index contributed by atoms with van der Waals surface area (Å²) in [6.45, 7) is 2.56. The van der Waals surface area contributed by atoms with E-state index in [0.717, 1.165) is 48.4 Å². The summed E-state index contributed by atoms with van der Waals surface area (Å²) in [6.07, 6.45) is 1.83. The first-order chi connectivity index (χ1) is 12.2. The molecule has 0 unspecified atom stereocenters. The topological polar surface area (TPSA) is 88.8 Å². The number of carbonyl (C=O) groups excluding carboxylic acids is 1. The summed E-state index contributed by atoms with van der Waals surface area (Å²) in [6, 6.07) is 8.02. The van der Waals surface area contributed by atoms with Crippen molar-refractivity contribution in [2.45, 2.75) is 25.4 Å². The van der Waals surface area contributed by atoms with Crippen LogP contribution < -0.4 is 5.32 Å². The van der Waals surface area contributed by atoms with Crippen LogP contribution in [0.15, 0.2) is 24.3 Å². The number of fused-ring (bicyclic) bond motifs is 1. The number of rotatable bonds is 4. The van der Waals surface area contributed by atoms with Gasteiger partial charge in [-0.2, -0.15) is 4.37 Å². The van der Waals surface area contributed by atoms with E-state index in [0.29, 0.717) is 5.69 Å². The molecular formula is C16H19N7OS. The normalized spacial score (nSPS) is 16.4. The third-order valence-electron chi connectivity index (χ3n) is 4.59. The summed E-state index contributed by atoms with van der Waals surface area (Å²) < 4.78 is 7.07. The first-order valence-electron chi connectivity index (χ1n) is 8.29. The Hall–Kier alpha value is -2.39. The zero-order chi connectivity index (χ0) is 17.2. The Morgan fingerprint density at radius 3 is 2.88 bits per heavy atom. The summed E-state index contributed by atoms with van der Waals surface area (Å²) in [7, 11) is 1.85. The second-order valence-electron chi connectivity index (χ2n) is 6.27. The van der Waals surface area contributed by atoms with E-state index in [1.165, 1.54) is 11.5 Å². The van der Waals surface area contributed by atoms with Crippen molar-refractivity contribution in [3.63, 3.8) is 0 Å². The molecule has 3 heterocycles. The van der Waals surface area contributed by atoms with Crippen molar-refractivity contribution in [2.24, 2.45) is 7.05 Å². The number of hydrogen-bond acceptors (Lipinski definition) is 7. The molecule has 1 aromatic carbocycles. The molecule has 0 spiro atoms. The van der Waals surface area contributed by atoms with Crippen LogP contribution >= 0.6 is 11.5 Å². The lowest BCUT2D eigenvalue weighted by Crippen LogP contribution is -2.44. The molecule has 130 valence electrons. The van der Waals surface area contributed by atoms with Gasteiger partial charge in [-0.25, -0.2) is 4.68 Å². The number of nitrogens with zero attached hydrogens (tertiary/aromatic N) is 6. The van der Waals surface area contributed by atoms with Crippen molar-refractivity contribution >= 4 is 27.5 Å². The van der Waals surface area contributed by atoms with Crippen LogP contribution in [0, 0.1) is 0 Å². The van der Waals surface area contributed by atoms with Crippen LogP contribution in [0.25, 0.3) is 10.1 Å². The molecule has 8 nitrogen and oxygen atoms in total. The zero-order valence-electron chi connectivity index (χ0n) is 13.9. The van der Waals surface area contributed by atoms with Crippen molar-refractivity contribution in [2.75, 3.05) is 13.1 Å². The van der Waals surface area contributed by atoms with Crippen molar-refractivity contribution in [3.8, 4) is 0 Å². The molecule has 1 aliphatic rings. The molecular weight excluding hydrogens is 338 g/mol. The molecule has 3 aromatic rings. The number of carbonyl (C=O) groups is 1. The lowest BCUT2D eigenvalue weighted by atomic mass is 10.0. The number of amides is 1. The summed E-state index contributed by atoms with van der Waals surface area (Å²) in [4.78, 5) is 14.9. The Kier molecular flexibility index (Phi) is 4.41. The quantitative estimate of drug-likeness (QED) is 0.755. The van der Waals surface area contributed by atoms with Crippen LogP contribution in [-0.4, -0.2) is 54.5 Å². The van der Waals surface area contributed by atoms with E-state index < -0.39 is 0 Å². The molecule has 0 saturated carbocycles. The largest absolute Gasteiger partial charge is 0.348 e. The standard InChI is InChI=1S/C16H19N7OS/c1-22-14(18-20-21-22)10-23-8-6-11(7-9-23)17-16(24)15-12-4-2-3-5-13(12)25-19-15/h2-5,11H,6-10H2,1H3,(H,17,24). The molecule has 0 atom stereocenters. The van der Waals surface area contributed by atoms with E-state index in [9.17, 15) is 4.79 Å². The maximum Gasteiger partial charge on any atom is 0.271 e. The predicted molar refractivity (Wildman–Crippen MR) is 94.2 cm³/mol. The Bertz CT molecular complexity index is 881. The fraction of sp³-hybridized carbons (Fsp3) is 0.438. The maximum absolute atomic E-state index is 12.6. The SMILES string of the molecule is Cn1nnnc1CN1CCC(NC(=O)c2nsc3ccccc23)CC1. The van der Waals surface area contributed by atoms with Crippen molar-refractivity contribution in [1.29, 1.82) is 0 Å². The first-order valence-corrected chi connectivity index (χ1v) is 9.07. The van der Waals surface area contributed by atoms with Gasteiger partial charge in [-0.1, -0.05) is 18.2 Å². The number of likely N-dealkylation sites (tertiary alicyclic amines) is 1. The summed E-state index contributed by atoms with van der Waals surface area (Å²) in [5.74, 6) is 0.782. The van der Waals surface area contributed by atoms with E-state index in [4.69, 9.17) is 0 Å². The Morgan fingerprint density at radius 1 is 1.32 bits per heavy atom. The minimum Gasteiger partial charge on any atom is -0.348 e. The molecule has 25 heavy (non-hydrogen) atoms. The monoisotopic (exact) mass is 357 g/mol. The van der Waals surface area contributed by atoms with E-state index in [2.05, 4.69) is 30.1 Å². The van der Waals surface area contributed by atoms with Gasteiger partial charge >= 0.3 is 0 Å². The van der Waals surface area contributed by atoms with Crippen LogP contribution in [0.5, 0.6) is 0 Å². The van der Waals surface area contributed by atoms with Crippen LogP contribution in [-0.2, 0) is 13.6 Å². The number of benzene rings is 1. The summed E-state index contributed by atoms with van der Waals surface area (Å²) >= 11 is 1.37. The second-order valence-corrected chi connectivity index (χ2v) is 7.07. The van der Waals surface area contributed by atoms with Crippen molar-refractivity contribution in [1.82, 2.24) is 34.8 Å². The maximum atomic E-state index is 12.6. The van der Waals surface area contributed by atoms with Gasteiger partial charge < -0.3 is 5.32 Å². The number of piperidine rings is 1. The third kappa shape index (κ3) is 3.38. The first kappa shape index (κ1) is 16.1. The molecule has 1 amide bonds. The molecule has 4 rings (SSSR count). The van der Waals surface area contributed by atoms with Crippen LogP contribution in [0.3, 0.4) is 0 Å². The number of hydrogen-bond donors (Lipinski definition) is 1. The van der Waals surface area contributed by atoms with Crippen LogP contribution in [0.4, 0.5) is 0 Å². The summed E-state index contributed by atoms with van der Waals surface area (Å²) in [5.41, 5.74) is 0.535. The van der Waals surface area contributed by atoms with Crippen molar-refractivity contribution in [3.05, 3.63) is 35.8 Å². The van der Waals surface area contributed by atoms with Gasteiger partial charge in [-0.3, -0.25) is 9.69 Å². The van der Waals surface area contributed by atoms with E-state index in [-0.39, 0.29) is 11.9 Å². The second kappa shape index (κ2) is 6.85. The van der Waals surface area contributed by atoms with Gasteiger partial charge in [-0.15, -0.1) is 5.10 Å². The molecule has 1 fully saturated rings. The van der Waals surface area contributed by atoms with Gasteiger partial charge in [0.15, 0.2) is 5.82 Å². The molecule has 1 saturated heterocycles. The average Bonchev–Trinajstić information content (AvgIpc) is 3.23. The highest BCUT2D eigenvalue weighted by Gasteiger charge is 2.23. The number of aromatic nitrogens is 5. The van der Waals surface area contributed by atoms with Gasteiger partial charge in [-0.05, 0) is 40.9 Å². The lowest BCUT2D eigenvalue weighted by molar-refractivity contribution is 0.0905. The summed E-state index contributed by atoms with van der Waals surface area (Å²) in [5, 5.41) is 15.6. The molecule has 1 aliphatic heterocycles. The highest BCUT2D eigenvalue weighted by Crippen LogP contribution is 2.22. The van der Waals surface area contributed by atoms with E-state index in [1.54, 1.807) is 4.68 Å². The minimum atomic E-state index is -0.0756. The smallest absolute Gasteiger partial charge is 0.271 e. The number of tetrazole rings is 1. The number of aryl methyl sites for hydroxylation is 1. The zero-order valence-corrected chi connectivity index (χ0v) is 14.7. The number of nitrogens with one attached hydrogen (secondary N) is 1. The highest BCUT2D eigenvalue weighted by molar-refractivity contribution is 7.13. The fourth-order valence-corrected chi connectivity index (χ4v) is 3.89. The molecule has 2 aromatic heterocycles. The van der Waals surface area contributed by atoms with Gasteiger partial charge in [0.05, 0.1) is 11.2 Å². The van der Waals surface area contributed by atoms with Gasteiger partial charge in [0.1, 0.15) is 5.69 Å². The molecule has 0 aliphatic carbocycles. The fourth-order valence-electron chi connectivity index (χ4n) is 3.12. The van der Waals surface area contributed by atoms with Gasteiger partial charge in [0, 0.05) is 31.6 Å². The molecule has 0 bridgehead atoms. The molecule has 1 N–H and O–H groups in total. The molecule has 0 radical (unpaired) electrons. The Morgan fingerprint density at radius 2 is 2.12 bits per heavy atom. The van der Waals surface area contributed by atoms with Gasteiger partial charge in [0.25, 0.3) is 5.91 Å².